The van der Waals surface area contributed by atoms with E-state index in [-0.39, 0.29) is 23.7 Å². The first kappa shape index (κ1) is 22.2. The van der Waals surface area contributed by atoms with Crippen LogP contribution in [-0.2, 0) is 16.1 Å². The molecule has 5 rings (SSSR count). The zero-order valence-corrected chi connectivity index (χ0v) is 19.1. The van der Waals surface area contributed by atoms with Crippen LogP contribution in [-0.4, -0.2) is 60.1 Å². The molecule has 3 aliphatic rings. The minimum Gasteiger partial charge on any atom is -0.439 e. The summed E-state index contributed by atoms with van der Waals surface area (Å²) in [5.74, 6) is -0.0774. The summed E-state index contributed by atoms with van der Waals surface area (Å²) in [4.78, 5) is 31.6. The fourth-order valence-electron chi connectivity index (χ4n) is 5.16. The summed E-state index contributed by atoms with van der Waals surface area (Å²) >= 11 is 6.08. The summed E-state index contributed by atoms with van der Waals surface area (Å²) in [7, 11) is 0. The first-order valence-corrected chi connectivity index (χ1v) is 11.8. The van der Waals surface area contributed by atoms with E-state index in [2.05, 4.69) is 4.90 Å². The van der Waals surface area contributed by atoms with Gasteiger partial charge in [0.25, 0.3) is 0 Å². The number of likely N-dealkylation sites (tertiary alicyclic amines) is 2. The SMILES string of the molecule is O=C(C1CCN(Cc2ccc(F)cc2)CC1)N1CC[C@@]2(C1)CN(c1cccc(Cl)c1)C(=O)O2. The van der Waals surface area contributed by atoms with Gasteiger partial charge in [-0.05, 0) is 61.8 Å². The Kier molecular flexibility index (Phi) is 6.01. The van der Waals surface area contributed by atoms with Crippen molar-refractivity contribution in [3.8, 4) is 0 Å². The third-order valence-corrected chi connectivity index (χ3v) is 7.21. The molecule has 3 saturated heterocycles. The number of carbonyl (C=O) groups is 2. The van der Waals surface area contributed by atoms with Crippen molar-refractivity contribution in [2.75, 3.05) is 37.6 Å². The summed E-state index contributed by atoms with van der Waals surface area (Å²) in [5, 5.41) is 0.565. The number of hydrogen-bond donors (Lipinski definition) is 0. The van der Waals surface area contributed by atoms with Gasteiger partial charge in [-0.3, -0.25) is 14.6 Å². The van der Waals surface area contributed by atoms with Crippen LogP contribution in [0, 0.1) is 11.7 Å². The Labute approximate surface area is 197 Å². The Morgan fingerprint density at radius 1 is 1.09 bits per heavy atom. The third kappa shape index (κ3) is 4.70. The Hall–Kier alpha value is -2.64. The monoisotopic (exact) mass is 471 g/mol. The summed E-state index contributed by atoms with van der Waals surface area (Å²) < 4.78 is 18.9. The molecule has 0 aromatic heterocycles. The minimum absolute atomic E-state index is 0.00856. The number of anilines is 1. The Bertz CT molecular complexity index is 1040. The highest BCUT2D eigenvalue weighted by Gasteiger charge is 2.51. The smallest absolute Gasteiger partial charge is 0.415 e. The molecule has 3 fully saturated rings. The number of piperidine rings is 1. The average Bonchev–Trinajstić information content (AvgIpc) is 3.37. The molecule has 0 bridgehead atoms. The van der Waals surface area contributed by atoms with Crippen LogP contribution in [0.15, 0.2) is 48.5 Å². The van der Waals surface area contributed by atoms with E-state index < -0.39 is 5.60 Å². The lowest BCUT2D eigenvalue weighted by Crippen LogP contribution is -2.44. The number of amides is 2. The van der Waals surface area contributed by atoms with E-state index in [0.29, 0.717) is 36.8 Å². The van der Waals surface area contributed by atoms with E-state index >= 15 is 0 Å². The molecule has 0 radical (unpaired) electrons. The minimum atomic E-state index is -0.654. The first-order valence-electron chi connectivity index (χ1n) is 11.4. The van der Waals surface area contributed by atoms with Gasteiger partial charge in [0.1, 0.15) is 5.82 Å². The largest absolute Gasteiger partial charge is 0.439 e. The van der Waals surface area contributed by atoms with Crippen LogP contribution in [0.25, 0.3) is 0 Å². The Morgan fingerprint density at radius 3 is 2.58 bits per heavy atom. The molecule has 8 heteroatoms. The Morgan fingerprint density at radius 2 is 1.85 bits per heavy atom. The van der Waals surface area contributed by atoms with Crippen molar-refractivity contribution in [1.29, 1.82) is 0 Å². The molecule has 1 atom stereocenters. The van der Waals surface area contributed by atoms with Crippen molar-refractivity contribution in [2.45, 2.75) is 31.4 Å². The third-order valence-electron chi connectivity index (χ3n) is 6.97. The molecule has 6 nitrogen and oxygen atoms in total. The summed E-state index contributed by atoms with van der Waals surface area (Å²) in [6.07, 6.45) is 1.86. The normalized spacial score (nSPS) is 24.0. The van der Waals surface area contributed by atoms with Crippen LogP contribution in [0.1, 0.15) is 24.8 Å². The van der Waals surface area contributed by atoms with E-state index in [4.69, 9.17) is 16.3 Å². The molecule has 0 aliphatic carbocycles. The highest BCUT2D eigenvalue weighted by Crippen LogP contribution is 2.36. The molecule has 2 aromatic rings. The molecule has 0 N–H and O–H groups in total. The van der Waals surface area contributed by atoms with Gasteiger partial charge < -0.3 is 9.64 Å². The second-order valence-electron chi connectivity index (χ2n) is 9.30. The van der Waals surface area contributed by atoms with E-state index in [9.17, 15) is 14.0 Å². The van der Waals surface area contributed by atoms with Crippen molar-refractivity contribution in [1.82, 2.24) is 9.80 Å². The van der Waals surface area contributed by atoms with Gasteiger partial charge in [-0.25, -0.2) is 9.18 Å². The molecule has 3 aliphatic heterocycles. The van der Waals surface area contributed by atoms with Crippen molar-refractivity contribution < 1.29 is 18.7 Å². The molecule has 2 aromatic carbocycles. The van der Waals surface area contributed by atoms with Crippen LogP contribution < -0.4 is 4.90 Å². The fourth-order valence-corrected chi connectivity index (χ4v) is 5.34. The molecule has 2 amide bonds. The second-order valence-corrected chi connectivity index (χ2v) is 9.74. The number of halogens is 2. The van der Waals surface area contributed by atoms with Crippen molar-refractivity contribution >= 4 is 29.3 Å². The quantitative estimate of drug-likeness (QED) is 0.666. The molecule has 0 saturated carbocycles. The number of ether oxygens (including phenoxy) is 1. The predicted octanol–water partition coefficient (Wildman–Crippen LogP) is 4.32. The van der Waals surface area contributed by atoms with Gasteiger partial charge in [-0.2, -0.15) is 0 Å². The van der Waals surface area contributed by atoms with Gasteiger partial charge in [-0.15, -0.1) is 0 Å². The summed E-state index contributed by atoms with van der Waals surface area (Å²) in [6.45, 7) is 3.90. The number of carbonyl (C=O) groups excluding carboxylic acids is 2. The standard InChI is InChI=1S/C25H27ClFN3O3/c26-20-2-1-3-22(14-20)30-17-25(33-24(30)32)10-13-29(16-25)23(31)19-8-11-28(12-9-19)15-18-4-6-21(27)7-5-18/h1-7,14,19H,8-13,15-17H2/t25-/m1/s1. The number of benzene rings is 2. The van der Waals surface area contributed by atoms with Gasteiger partial charge in [0.15, 0.2) is 5.60 Å². The van der Waals surface area contributed by atoms with Gasteiger partial charge in [0.05, 0.1) is 13.1 Å². The number of hydrogen-bond acceptors (Lipinski definition) is 4. The first-order chi connectivity index (χ1) is 15.9. The average molecular weight is 472 g/mol. The van der Waals surface area contributed by atoms with Crippen molar-refractivity contribution in [3.05, 3.63) is 64.9 Å². The van der Waals surface area contributed by atoms with Crippen molar-refractivity contribution in [2.24, 2.45) is 5.92 Å². The second kappa shape index (κ2) is 8.95. The van der Waals surface area contributed by atoms with Crippen LogP contribution in [0.3, 0.4) is 0 Å². The van der Waals surface area contributed by atoms with Gasteiger partial charge in [0, 0.05) is 36.1 Å². The molecule has 33 heavy (non-hydrogen) atoms. The molecule has 174 valence electrons. The zero-order valence-electron chi connectivity index (χ0n) is 18.4. The van der Waals surface area contributed by atoms with Gasteiger partial charge in [-0.1, -0.05) is 29.8 Å². The highest BCUT2D eigenvalue weighted by molar-refractivity contribution is 6.30. The fraction of sp³-hybridized carbons (Fsp3) is 0.440. The van der Waals surface area contributed by atoms with Crippen LogP contribution in [0.4, 0.5) is 14.9 Å². The highest BCUT2D eigenvalue weighted by atomic mass is 35.5. The molecular weight excluding hydrogens is 445 g/mol. The van der Waals surface area contributed by atoms with Crippen LogP contribution in [0.2, 0.25) is 5.02 Å². The maximum Gasteiger partial charge on any atom is 0.415 e. The van der Waals surface area contributed by atoms with Gasteiger partial charge >= 0.3 is 6.09 Å². The van der Waals surface area contributed by atoms with Gasteiger partial charge in [0.2, 0.25) is 5.91 Å². The maximum absolute atomic E-state index is 13.2. The number of rotatable bonds is 4. The van der Waals surface area contributed by atoms with E-state index in [1.165, 1.54) is 12.1 Å². The molecule has 0 unspecified atom stereocenters. The van der Waals surface area contributed by atoms with Crippen molar-refractivity contribution in [3.63, 3.8) is 0 Å². The lowest BCUT2D eigenvalue weighted by atomic mass is 9.95. The van der Waals surface area contributed by atoms with E-state index in [1.807, 2.05) is 29.2 Å². The summed E-state index contributed by atoms with van der Waals surface area (Å²) in [6, 6.07) is 13.8. The van der Waals surface area contributed by atoms with E-state index in [0.717, 1.165) is 38.0 Å². The molecular formula is C25H27ClFN3O3. The van der Waals surface area contributed by atoms with E-state index in [1.54, 1.807) is 17.0 Å². The lowest BCUT2D eigenvalue weighted by molar-refractivity contribution is -0.136. The van der Waals surface area contributed by atoms with Crippen LogP contribution >= 0.6 is 11.6 Å². The number of nitrogens with zero attached hydrogens (tertiary/aromatic N) is 3. The lowest BCUT2D eigenvalue weighted by Gasteiger charge is -2.33. The zero-order chi connectivity index (χ0) is 23.0. The predicted molar refractivity (Wildman–Crippen MR) is 124 cm³/mol. The topological polar surface area (TPSA) is 53.1 Å². The maximum atomic E-state index is 13.2. The molecule has 3 heterocycles. The Balaban J connectivity index is 1.15. The molecule has 1 spiro atoms. The van der Waals surface area contributed by atoms with Crippen LogP contribution in [0.5, 0.6) is 0 Å². The summed E-state index contributed by atoms with van der Waals surface area (Å²) in [5.41, 5.74) is 1.14.